The van der Waals surface area contributed by atoms with Crippen LogP contribution in [0.25, 0.3) is 0 Å². The minimum absolute atomic E-state index is 0.118. The van der Waals surface area contributed by atoms with Gasteiger partial charge in [-0.2, -0.15) is 0 Å². The fourth-order valence-electron chi connectivity index (χ4n) is 1.79. The Balaban J connectivity index is 2.66. The van der Waals surface area contributed by atoms with E-state index in [-0.39, 0.29) is 17.6 Å². The zero-order valence-electron chi connectivity index (χ0n) is 12.2. The van der Waals surface area contributed by atoms with Gasteiger partial charge in [-0.25, -0.2) is 4.98 Å². The predicted octanol–water partition coefficient (Wildman–Crippen LogP) is 3.08. The molecule has 0 amide bonds. The van der Waals surface area contributed by atoms with E-state index in [1.165, 1.54) is 9.88 Å². The highest BCUT2D eigenvalue weighted by molar-refractivity contribution is 7.11. The first kappa shape index (κ1) is 15.6. The summed E-state index contributed by atoms with van der Waals surface area (Å²) in [4.78, 5) is 5.72. The van der Waals surface area contributed by atoms with Crippen molar-refractivity contribution >= 4 is 11.3 Å². The molecule has 0 atom stereocenters. The number of nitrogens with one attached hydrogen (secondary N) is 1. The Morgan fingerprint density at radius 3 is 2.28 bits per heavy atom. The summed E-state index contributed by atoms with van der Waals surface area (Å²) in [5, 5.41) is 14.2. The van der Waals surface area contributed by atoms with Crippen molar-refractivity contribution in [2.75, 3.05) is 6.61 Å². The van der Waals surface area contributed by atoms with E-state index in [0.717, 1.165) is 19.4 Å². The Morgan fingerprint density at radius 2 is 1.89 bits per heavy atom. The first-order valence-corrected chi connectivity index (χ1v) is 7.49. The molecule has 18 heavy (non-hydrogen) atoms. The van der Waals surface area contributed by atoms with Crippen molar-refractivity contribution in [1.29, 1.82) is 0 Å². The topological polar surface area (TPSA) is 45.1 Å². The van der Waals surface area contributed by atoms with Crippen molar-refractivity contribution in [1.82, 2.24) is 10.3 Å². The first-order valence-electron chi connectivity index (χ1n) is 6.68. The van der Waals surface area contributed by atoms with E-state index in [9.17, 15) is 5.11 Å². The summed E-state index contributed by atoms with van der Waals surface area (Å²) in [6.07, 6.45) is 3.82. The molecule has 1 aromatic rings. The molecule has 0 fully saturated rings. The maximum absolute atomic E-state index is 9.51. The van der Waals surface area contributed by atoms with Gasteiger partial charge in [0.25, 0.3) is 0 Å². The summed E-state index contributed by atoms with van der Waals surface area (Å²) in [5.41, 5.74) is -0.0294. The van der Waals surface area contributed by atoms with Crippen LogP contribution in [0.1, 0.15) is 57.3 Å². The fourth-order valence-corrected chi connectivity index (χ4v) is 2.70. The van der Waals surface area contributed by atoms with Gasteiger partial charge in [0.05, 0.1) is 11.6 Å². The fraction of sp³-hybridized carbons (Fsp3) is 0.786. The third-order valence-corrected chi connectivity index (χ3v) is 4.91. The van der Waals surface area contributed by atoms with Gasteiger partial charge in [-0.3, -0.25) is 0 Å². The standard InChI is InChI=1S/C14H26N2OS/c1-6-14(7-2,10-17)16-9-11-8-15-12(18-11)13(3,4)5/h8,16-17H,6-7,9-10H2,1-5H3. The molecule has 0 aromatic carbocycles. The molecule has 2 N–H and O–H groups in total. The molecule has 3 nitrogen and oxygen atoms in total. The molecule has 0 saturated carbocycles. The summed E-state index contributed by atoms with van der Waals surface area (Å²) in [7, 11) is 0. The van der Waals surface area contributed by atoms with Gasteiger partial charge < -0.3 is 10.4 Å². The van der Waals surface area contributed by atoms with Crippen molar-refractivity contribution in [3.05, 3.63) is 16.1 Å². The molecular weight excluding hydrogens is 244 g/mol. The molecular formula is C14H26N2OS. The highest BCUT2D eigenvalue weighted by Gasteiger charge is 2.25. The lowest BCUT2D eigenvalue weighted by Crippen LogP contribution is -2.46. The van der Waals surface area contributed by atoms with Crippen molar-refractivity contribution in [2.45, 2.75) is 65.0 Å². The average molecular weight is 270 g/mol. The maximum atomic E-state index is 9.51. The van der Waals surface area contributed by atoms with E-state index >= 15 is 0 Å². The summed E-state index contributed by atoms with van der Waals surface area (Å²) in [6, 6.07) is 0. The summed E-state index contributed by atoms with van der Waals surface area (Å²) >= 11 is 1.76. The van der Waals surface area contributed by atoms with Crippen LogP contribution in [0.5, 0.6) is 0 Å². The molecule has 1 rings (SSSR count). The van der Waals surface area contributed by atoms with E-state index < -0.39 is 0 Å². The Kier molecular flexibility index (Phi) is 5.32. The molecule has 0 aliphatic carbocycles. The van der Waals surface area contributed by atoms with Crippen molar-refractivity contribution in [3.63, 3.8) is 0 Å². The number of thiazole rings is 1. The van der Waals surface area contributed by atoms with Gasteiger partial charge in [0.15, 0.2) is 0 Å². The lowest BCUT2D eigenvalue weighted by atomic mass is 9.94. The van der Waals surface area contributed by atoms with Crippen molar-refractivity contribution in [2.24, 2.45) is 0 Å². The molecule has 1 aromatic heterocycles. The second kappa shape index (κ2) is 6.13. The van der Waals surface area contributed by atoms with E-state index in [1.54, 1.807) is 11.3 Å². The quantitative estimate of drug-likeness (QED) is 0.835. The van der Waals surface area contributed by atoms with Crippen LogP contribution in [0.3, 0.4) is 0 Å². The van der Waals surface area contributed by atoms with E-state index in [0.29, 0.717) is 0 Å². The maximum Gasteiger partial charge on any atom is 0.0981 e. The molecule has 0 aliphatic rings. The van der Waals surface area contributed by atoms with Crippen molar-refractivity contribution < 1.29 is 5.11 Å². The number of aliphatic hydroxyl groups is 1. The SMILES string of the molecule is CCC(CC)(CO)NCc1cnc(C(C)(C)C)s1. The van der Waals surface area contributed by atoms with Gasteiger partial charge in [0, 0.05) is 28.6 Å². The summed E-state index contributed by atoms with van der Waals surface area (Å²) in [5.74, 6) is 0. The lowest BCUT2D eigenvalue weighted by Gasteiger charge is -2.30. The number of hydrogen-bond acceptors (Lipinski definition) is 4. The van der Waals surface area contributed by atoms with Gasteiger partial charge in [-0.05, 0) is 12.8 Å². The zero-order valence-corrected chi connectivity index (χ0v) is 13.0. The van der Waals surface area contributed by atoms with E-state index in [4.69, 9.17) is 0 Å². The molecule has 104 valence electrons. The van der Waals surface area contributed by atoms with Crippen LogP contribution < -0.4 is 5.32 Å². The van der Waals surface area contributed by atoms with Gasteiger partial charge in [-0.1, -0.05) is 34.6 Å². The van der Waals surface area contributed by atoms with Gasteiger partial charge in [0.1, 0.15) is 0 Å². The number of nitrogens with zero attached hydrogens (tertiary/aromatic N) is 1. The highest BCUT2D eigenvalue weighted by Crippen LogP contribution is 2.27. The van der Waals surface area contributed by atoms with Crippen LogP contribution in [0.15, 0.2) is 6.20 Å². The lowest BCUT2D eigenvalue weighted by molar-refractivity contribution is 0.150. The monoisotopic (exact) mass is 270 g/mol. The molecule has 0 aliphatic heterocycles. The third-order valence-electron chi connectivity index (χ3n) is 3.49. The Bertz CT molecular complexity index is 356. The Morgan fingerprint density at radius 1 is 1.28 bits per heavy atom. The van der Waals surface area contributed by atoms with Crippen LogP contribution in [0.4, 0.5) is 0 Å². The third kappa shape index (κ3) is 3.77. The molecule has 0 radical (unpaired) electrons. The zero-order chi connectivity index (χ0) is 13.8. The number of rotatable bonds is 6. The van der Waals surface area contributed by atoms with Crippen LogP contribution in [-0.4, -0.2) is 22.2 Å². The second-order valence-corrected chi connectivity index (χ2v) is 7.00. The molecule has 0 spiro atoms. The van der Waals surface area contributed by atoms with Gasteiger partial charge in [0.2, 0.25) is 0 Å². The summed E-state index contributed by atoms with van der Waals surface area (Å²) in [6.45, 7) is 11.7. The van der Waals surface area contributed by atoms with Crippen LogP contribution in [-0.2, 0) is 12.0 Å². The van der Waals surface area contributed by atoms with Crippen LogP contribution in [0, 0.1) is 0 Å². The normalized spacial score (nSPS) is 13.0. The Labute approximate surface area is 115 Å². The average Bonchev–Trinajstić information content (AvgIpc) is 2.80. The predicted molar refractivity (Wildman–Crippen MR) is 78.1 cm³/mol. The largest absolute Gasteiger partial charge is 0.394 e. The van der Waals surface area contributed by atoms with E-state index in [1.807, 2.05) is 6.20 Å². The Hall–Kier alpha value is -0.450. The van der Waals surface area contributed by atoms with Gasteiger partial charge in [-0.15, -0.1) is 11.3 Å². The molecule has 1 heterocycles. The molecule has 0 saturated heterocycles. The molecule has 0 bridgehead atoms. The summed E-state index contributed by atoms with van der Waals surface area (Å²) < 4.78 is 0. The minimum atomic E-state index is -0.147. The highest BCUT2D eigenvalue weighted by atomic mass is 32.1. The number of aromatic nitrogens is 1. The van der Waals surface area contributed by atoms with E-state index in [2.05, 4.69) is 44.9 Å². The second-order valence-electron chi connectivity index (χ2n) is 5.88. The van der Waals surface area contributed by atoms with Crippen LogP contribution >= 0.6 is 11.3 Å². The first-order chi connectivity index (χ1) is 8.37. The number of aliphatic hydroxyl groups excluding tert-OH is 1. The molecule has 4 heteroatoms. The minimum Gasteiger partial charge on any atom is -0.394 e. The smallest absolute Gasteiger partial charge is 0.0981 e. The number of hydrogen-bond donors (Lipinski definition) is 2. The van der Waals surface area contributed by atoms with Gasteiger partial charge >= 0.3 is 0 Å². The van der Waals surface area contributed by atoms with Crippen molar-refractivity contribution in [3.8, 4) is 0 Å². The molecule has 0 unspecified atom stereocenters. The van der Waals surface area contributed by atoms with Crippen LogP contribution in [0.2, 0.25) is 0 Å².